The lowest BCUT2D eigenvalue weighted by molar-refractivity contribution is 0.890. The molecule has 0 aromatic heterocycles. The fraction of sp³-hybridized carbons (Fsp3) is 0.667. The predicted octanol–water partition coefficient (Wildman–Crippen LogP) is 2.82. The smallest absolute Gasteiger partial charge is 0.106 e. The molecule has 0 saturated heterocycles. The van der Waals surface area contributed by atoms with E-state index < -0.39 is 0 Å². The molecule has 0 aromatic carbocycles. The summed E-state index contributed by atoms with van der Waals surface area (Å²) in [7, 11) is 0. The molecule has 0 saturated carbocycles. The zero-order valence-corrected chi connectivity index (χ0v) is 8.52. The minimum absolute atomic E-state index is 0.639. The van der Waals surface area contributed by atoms with Gasteiger partial charge in [-0.25, -0.2) is 0 Å². The molecule has 0 aliphatic rings. The molecule has 0 aliphatic heterocycles. The van der Waals surface area contributed by atoms with Crippen molar-refractivity contribution in [1.82, 2.24) is 5.32 Å². The van der Waals surface area contributed by atoms with Crippen molar-refractivity contribution in [3.63, 3.8) is 0 Å². The van der Waals surface area contributed by atoms with Crippen LogP contribution in [0.15, 0.2) is 17.8 Å². The Morgan fingerprint density at radius 1 is 1.27 bits per heavy atom. The molecule has 1 N–H and O–H groups in total. The van der Waals surface area contributed by atoms with Gasteiger partial charge in [-0.2, -0.15) is 0 Å². The van der Waals surface area contributed by atoms with Gasteiger partial charge in [0.2, 0.25) is 0 Å². The molecular weight excluding hydrogens is 136 g/mol. The van der Waals surface area contributed by atoms with Crippen LogP contribution in [0.1, 0.15) is 34.6 Å². The van der Waals surface area contributed by atoms with Gasteiger partial charge in [-0.1, -0.05) is 34.3 Å². The van der Waals surface area contributed by atoms with Gasteiger partial charge in [0, 0.05) is 0 Å². The van der Waals surface area contributed by atoms with Crippen molar-refractivity contribution in [2.75, 3.05) is 6.67 Å². The average molecular weight is 158 g/mol. The normalized spacial score (nSPS) is 7.00. The molecule has 0 rings (SSSR count). The van der Waals surface area contributed by atoms with Gasteiger partial charge in [0.1, 0.15) is 6.67 Å². The highest BCUT2D eigenvalue weighted by molar-refractivity contribution is 5.53. The summed E-state index contributed by atoms with van der Waals surface area (Å²) in [6.45, 7) is 14.0. The average Bonchev–Trinajstić information content (AvgIpc) is 2.13. The first kappa shape index (κ1) is 16.7. The van der Waals surface area contributed by atoms with Gasteiger partial charge in [-0.15, -0.1) is 0 Å². The van der Waals surface area contributed by atoms with Crippen molar-refractivity contribution in [1.29, 1.82) is 0 Å². The summed E-state index contributed by atoms with van der Waals surface area (Å²) in [6, 6.07) is 0. The van der Waals surface area contributed by atoms with Gasteiger partial charge in [0.25, 0.3) is 0 Å². The highest BCUT2D eigenvalue weighted by Gasteiger charge is 1.62. The first-order chi connectivity index (χ1) is 5.41. The van der Waals surface area contributed by atoms with Gasteiger partial charge in [0.15, 0.2) is 0 Å². The second-order valence-electron chi connectivity index (χ2n) is 1.01. The third kappa shape index (κ3) is 46.5. The fourth-order valence-corrected chi connectivity index (χ4v) is 0.209. The molecule has 0 fully saturated rings. The quantitative estimate of drug-likeness (QED) is 0.495. The van der Waals surface area contributed by atoms with Crippen LogP contribution in [0.4, 0.5) is 0 Å². The van der Waals surface area contributed by atoms with E-state index in [9.17, 15) is 0 Å². The summed E-state index contributed by atoms with van der Waals surface area (Å²) in [5.41, 5.74) is 0. The lowest BCUT2D eigenvalue weighted by Gasteiger charge is -1.87. The summed E-state index contributed by atoms with van der Waals surface area (Å²) in [5.74, 6) is 0. The summed E-state index contributed by atoms with van der Waals surface area (Å²) < 4.78 is 0. The maximum Gasteiger partial charge on any atom is 0.106 e. The second-order valence-corrected chi connectivity index (χ2v) is 1.01. The van der Waals surface area contributed by atoms with E-state index in [0.29, 0.717) is 6.67 Å². The van der Waals surface area contributed by atoms with Crippen molar-refractivity contribution in [2.24, 2.45) is 4.99 Å². The molecule has 0 aromatic rings. The van der Waals surface area contributed by atoms with E-state index in [4.69, 9.17) is 0 Å². The van der Waals surface area contributed by atoms with E-state index in [-0.39, 0.29) is 0 Å². The van der Waals surface area contributed by atoms with Gasteiger partial charge >= 0.3 is 0 Å². The molecular formula is C9H22N2. The molecule has 0 aliphatic carbocycles. The first-order valence-corrected chi connectivity index (χ1v) is 4.20. The Morgan fingerprint density at radius 2 is 1.73 bits per heavy atom. The maximum atomic E-state index is 3.85. The van der Waals surface area contributed by atoms with E-state index in [1.165, 1.54) is 0 Å². The molecule has 0 heterocycles. The lowest BCUT2D eigenvalue weighted by Crippen LogP contribution is -2.02. The van der Waals surface area contributed by atoms with Crippen molar-refractivity contribution < 1.29 is 0 Å². The van der Waals surface area contributed by atoms with Crippen molar-refractivity contribution >= 4 is 6.21 Å². The van der Waals surface area contributed by atoms with Gasteiger partial charge < -0.3 is 5.32 Å². The Bertz CT molecular complexity index is 68.0. The Kier molecular flexibility index (Phi) is 53.0. The monoisotopic (exact) mass is 158 g/mol. The summed E-state index contributed by atoms with van der Waals surface area (Å²) in [6.07, 6.45) is 3.36. The van der Waals surface area contributed by atoms with Crippen molar-refractivity contribution in [2.45, 2.75) is 34.6 Å². The molecule has 0 radical (unpaired) electrons. The molecule has 0 amide bonds. The number of hydrogen-bond acceptors (Lipinski definition) is 2. The maximum absolute atomic E-state index is 3.85. The van der Waals surface area contributed by atoms with Crippen molar-refractivity contribution in [3.8, 4) is 0 Å². The Hall–Kier alpha value is -0.790. The molecule has 0 unspecified atom stereocenters. The zero-order chi connectivity index (χ0) is 9.54. The minimum Gasteiger partial charge on any atom is -0.373 e. The highest BCUT2D eigenvalue weighted by Crippen LogP contribution is 1.58. The van der Waals surface area contributed by atoms with Crippen molar-refractivity contribution in [3.05, 3.63) is 12.8 Å². The zero-order valence-electron chi connectivity index (χ0n) is 8.52. The van der Waals surface area contributed by atoms with Gasteiger partial charge in [0.05, 0.1) is 0 Å². The molecule has 0 atom stereocenters. The van der Waals surface area contributed by atoms with Crippen LogP contribution in [0, 0.1) is 0 Å². The fourth-order valence-electron chi connectivity index (χ4n) is 0.209. The lowest BCUT2D eigenvalue weighted by atomic mass is 10.8. The Balaban J connectivity index is -0.000000138. The van der Waals surface area contributed by atoms with Crippen LogP contribution < -0.4 is 5.32 Å². The first-order valence-electron chi connectivity index (χ1n) is 4.20. The molecule has 0 bridgehead atoms. The van der Waals surface area contributed by atoms with Crippen LogP contribution in [-0.4, -0.2) is 12.9 Å². The number of aliphatic imine (C=N–C) groups is 1. The molecule has 2 heteroatoms. The van der Waals surface area contributed by atoms with E-state index >= 15 is 0 Å². The number of nitrogens with zero attached hydrogens (tertiary/aromatic N) is 1. The molecule has 11 heavy (non-hydrogen) atoms. The largest absolute Gasteiger partial charge is 0.373 e. The summed E-state index contributed by atoms with van der Waals surface area (Å²) in [5, 5.41) is 2.82. The van der Waals surface area contributed by atoms with Gasteiger partial charge in [-0.3, -0.25) is 4.99 Å². The number of nitrogens with one attached hydrogen (secondary N) is 1. The van der Waals surface area contributed by atoms with Crippen LogP contribution >= 0.6 is 0 Å². The summed E-state index contributed by atoms with van der Waals surface area (Å²) in [4.78, 5) is 3.85. The van der Waals surface area contributed by atoms with Crippen LogP contribution in [0.2, 0.25) is 0 Å². The van der Waals surface area contributed by atoms with Crippen LogP contribution in [0.3, 0.4) is 0 Å². The van der Waals surface area contributed by atoms with E-state index in [1.54, 1.807) is 12.4 Å². The topological polar surface area (TPSA) is 24.4 Å². The third-order valence-corrected chi connectivity index (χ3v) is 0.509. The van der Waals surface area contributed by atoms with Crippen LogP contribution in [0.5, 0.6) is 0 Å². The SMILES string of the molecule is C=CNC/N=C\C.CC.CC. The van der Waals surface area contributed by atoms with E-state index in [2.05, 4.69) is 16.9 Å². The number of rotatable bonds is 3. The second kappa shape index (κ2) is 35.0. The number of hydrogen-bond donors (Lipinski definition) is 1. The third-order valence-electron chi connectivity index (χ3n) is 0.509. The van der Waals surface area contributed by atoms with Gasteiger partial charge in [-0.05, 0) is 19.3 Å². The minimum atomic E-state index is 0.639. The van der Waals surface area contributed by atoms with E-state index in [0.717, 1.165) is 0 Å². The van der Waals surface area contributed by atoms with Crippen LogP contribution in [-0.2, 0) is 0 Å². The van der Waals surface area contributed by atoms with Crippen LogP contribution in [0.25, 0.3) is 0 Å². The van der Waals surface area contributed by atoms with E-state index in [1.807, 2.05) is 34.6 Å². The molecule has 68 valence electrons. The predicted molar refractivity (Wildman–Crippen MR) is 55.1 cm³/mol. The Labute approximate surface area is 71.4 Å². The summed E-state index contributed by atoms with van der Waals surface area (Å²) >= 11 is 0. The molecule has 2 nitrogen and oxygen atoms in total. The standard InChI is InChI=1S/C5H10N2.2C2H6/c1-3-6-5-7-4-2;2*1-2/h3-4,6H,1,5H2,2H3;2*1-2H3/b7-4-;;. The highest BCUT2D eigenvalue weighted by atomic mass is 15.0. The Morgan fingerprint density at radius 3 is 2.00 bits per heavy atom. The molecule has 0 spiro atoms.